The zero-order chi connectivity index (χ0) is 12.7. The van der Waals surface area contributed by atoms with Gasteiger partial charge in [-0.25, -0.2) is 10.8 Å². The maximum Gasteiger partial charge on any atom is 0.158 e. The van der Waals surface area contributed by atoms with E-state index in [9.17, 15) is 0 Å². The highest BCUT2D eigenvalue weighted by Gasteiger charge is 2.13. The number of hydrazine groups is 1. The van der Waals surface area contributed by atoms with Crippen LogP contribution in [0.1, 0.15) is 11.3 Å². The highest BCUT2D eigenvalue weighted by Crippen LogP contribution is 2.23. The van der Waals surface area contributed by atoms with Gasteiger partial charge >= 0.3 is 0 Å². The Morgan fingerprint density at radius 3 is 2.89 bits per heavy atom. The van der Waals surface area contributed by atoms with Gasteiger partial charge in [0.05, 0.1) is 6.26 Å². The summed E-state index contributed by atoms with van der Waals surface area (Å²) in [4.78, 5) is 4.48. The monoisotopic (exact) mass is 243 g/mol. The smallest absolute Gasteiger partial charge is 0.158 e. The molecule has 18 heavy (non-hydrogen) atoms. The van der Waals surface area contributed by atoms with E-state index >= 15 is 0 Å². The number of anilines is 1. The third-order valence-electron chi connectivity index (χ3n) is 2.99. The molecular weight excluding hydrogens is 230 g/mol. The summed E-state index contributed by atoms with van der Waals surface area (Å²) < 4.78 is 7.01. The van der Waals surface area contributed by atoms with Crippen molar-refractivity contribution in [1.29, 1.82) is 0 Å². The van der Waals surface area contributed by atoms with Gasteiger partial charge < -0.3 is 9.84 Å². The molecule has 6 heteroatoms. The lowest BCUT2D eigenvalue weighted by Gasteiger charge is -2.08. The Kier molecular flexibility index (Phi) is 2.31. The molecule has 0 atom stereocenters. The molecule has 0 aliphatic rings. The van der Waals surface area contributed by atoms with Gasteiger partial charge in [-0.3, -0.25) is 0 Å². The standard InChI is InChI=1S/C12H13N5O/c1-7-8(2)14-11-6-9(10-4-3-5-18-10)16-17(11)12(7)15-13/h3-6,15H,13H2,1-2H3. The molecule has 6 nitrogen and oxygen atoms in total. The molecule has 92 valence electrons. The zero-order valence-electron chi connectivity index (χ0n) is 10.1. The molecule has 3 aromatic rings. The SMILES string of the molecule is Cc1nc2cc(-c3ccco3)nn2c(NN)c1C. The molecule has 0 radical (unpaired) electrons. The maximum absolute atomic E-state index is 5.55. The van der Waals surface area contributed by atoms with Gasteiger partial charge in [0.15, 0.2) is 11.4 Å². The van der Waals surface area contributed by atoms with Gasteiger partial charge in [0.1, 0.15) is 11.5 Å². The third-order valence-corrected chi connectivity index (χ3v) is 2.99. The Balaban J connectivity index is 2.29. The summed E-state index contributed by atoms with van der Waals surface area (Å²) in [7, 11) is 0. The van der Waals surface area contributed by atoms with Crippen LogP contribution in [0.5, 0.6) is 0 Å². The number of hydrogen-bond donors (Lipinski definition) is 2. The summed E-state index contributed by atoms with van der Waals surface area (Å²) in [6.45, 7) is 3.89. The molecule has 0 spiro atoms. The van der Waals surface area contributed by atoms with Crippen LogP contribution >= 0.6 is 0 Å². The molecule has 0 amide bonds. The van der Waals surface area contributed by atoms with Crippen molar-refractivity contribution in [2.24, 2.45) is 5.84 Å². The first kappa shape index (κ1) is 10.8. The molecular formula is C12H13N5O. The average molecular weight is 243 g/mol. The van der Waals surface area contributed by atoms with Crippen LogP contribution in [-0.4, -0.2) is 14.6 Å². The Bertz CT molecular complexity index is 699. The van der Waals surface area contributed by atoms with Crippen molar-refractivity contribution in [3.63, 3.8) is 0 Å². The molecule has 0 saturated carbocycles. The normalized spacial score (nSPS) is 11.1. The van der Waals surface area contributed by atoms with Gasteiger partial charge in [-0.05, 0) is 26.0 Å². The minimum atomic E-state index is 0.707. The number of nitrogens with two attached hydrogens (primary N) is 1. The van der Waals surface area contributed by atoms with Crippen molar-refractivity contribution in [1.82, 2.24) is 14.6 Å². The van der Waals surface area contributed by atoms with E-state index in [0.717, 1.165) is 28.4 Å². The topological polar surface area (TPSA) is 81.4 Å². The second kappa shape index (κ2) is 3.85. The fourth-order valence-corrected chi connectivity index (χ4v) is 1.92. The molecule has 0 aromatic carbocycles. The van der Waals surface area contributed by atoms with Crippen LogP contribution in [0.15, 0.2) is 28.9 Å². The first-order valence-electron chi connectivity index (χ1n) is 5.58. The lowest BCUT2D eigenvalue weighted by Crippen LogP contribution is -2.14. The summed E-state index contributed by atoms with van der Waals surface area (Å²) in [5, 5.41) is 4.45. The van der Waals surface area contributed by atoms with Crippen LogP contribution in [0.4, 0.5) is 5.82 Å². The van der Waals surface area contributed by atoms with E-state index in [1.165, 1.54) is 0 Å². The Morgan fingerprint density at radius 1 is 1.39 bits per heavy atom. The molecule has 0 fully saturated rings. The highest BCUT2D eigenvalue weighted by molar-refractivity contribution is 5.63. The van der Waals surface area contributed by atoms with Crippen molar-refractivity contribution in [2.75, 3.05) is 5.43 Å². The fraction of sp³-hybridized carbons (Fsp3) is 0.167. The highest BCUT2D eigenvalue weighted by atomic mass is 16.3. The van der Waals surface area contributed by atoms with Gasteiger partial charge in [0.2, 0.25) is 0 Å². The van der Waals surface area contributed by atoms with E-state index in [1.807, 2.05) is 32.0 Å². The summed E-state index contributed by atoms with van der Waals surface area (Å²) in [6.07, 6.45) is 1.62. The molecule has 3 heterocycles. The number of hydrogen-bond acceptors (Lipinski definition) is 5. The summed E-state index contributed by atoms with van der Waals surface area (Å²) in [6, 6.07) is 5.55. The van der Waals surface area contributed by atoms with E-state index in [-0.39, 0.29) is 0 Å². The Hall–Kier alpha value is -2.34. The van der Waals surface area contributed by atoms with E-state index in [1.54, 1.807) is 10.8 Å². The van der Waals surface area contributed by atoms with Crippen molar-refractivity contribution in [3.05, 3.63) is 35.7 Å². The van der Waals surface area contributed by atoms with E-state index in [2.05, 4.69) is 15.5 Å². The van der Waals surface area contributed by atoms with Crippen LogP contribution < -0.4 is 11.3 Å². The summed E-state index contributed by atoms with van der Waals surface area (Å²) >= 11 is 0. The largest absolute Gasteiger partial charge is 0.463 e. The number of nitrogens with one attached hydrogen (secondary N) is 1. The van der Waals surface area contributed by atoms with Gasteiger partial charge in [-0.2, -0.15) is 9.61 Å². The van der Waals surface area contributed by atoms with Crippen LogP contribution in [0.25, 0.3) is 17.1 Å². The molecule has 3 N–H and O–H groups in total. The number of nitrogens with zero attached hydrogens (tertiary/aromatic N) is 3. The molecule has 3 aromatic heterocycles. The average Bonchev–Trinajstić information content (AvgIpc) is 2.98. The predicted molar refractivity (Wildman–Crippen MR) is 68.0 cm³/mol. The minimum absolute atomic E-state index is 0.707. The van der Waals surface area contributed by atoms with Crippen molar-refractivity contribution in [2.45, 2.75) is 13.8 Å². The van der Waals surface area contributed by atoms with Crippen LogP contribution in [-0.2, 0) is 0 Å². The van der Waals surface area contributed by atoms with Crippen LogP contribution in [0, 0.1) is 13.8 Å². The van der Waals surface area contributed by atoms with Crippen LogP contribution in [0.3, 0.4) is 0 Å². The molecule has 0 bridgehead atoms. The number of nitrogen functional groups attached to an aromatic ring is 1. The number of furan rings is 1. The summed E-state index contributed by atoms with van der Waals surface area (Å²) in [5.74, 6) is 6.99. The van der Waals surface area contributed by atoms with E-state index in [0.29, 0.717) is 5.76 Å². The number of fused-ring (bicyclic) bond motifs is 1. The first-order chi connectivity index (χ1) is 8.70. The zero-order valence-corrected chi connectivity index (χ0v) is 10.1. The van der Waals surface area contributed by atoms with E-state index in [4.69, 9.17) is 10.3 Å². The van der Waals surface area contributed by atoms with Gasteiger partial charge in [-0.1, -0.05) is 0 Å². The van der Waals surface area contributed by atoms with Gasteiger partial charge in [0.25, 0.3) is 0 Å². The lowest BCUT2D eigenvalue weighted by molar-refractivity contribution is 0.579. The molecule has 3 rings (SSSR count). The summed E-state index contributed by atoms with van der Waals surface area (Å²) in [5.41, 5.74) is 6.02. The maximum atomic E-state index is 5.55. The van der Waals surface area contributed by atoms with Crippen molar-refractivity contribution in [3.8, 4) is 11.5 Å². The van der Waals surface area contributed by atoms with Crippen molar-refractivity contribution >= 4 is 11.5 Å². The lowest BCUT2D eigenvalue weighted by atomic mass is 10.2. The quantitative estimate of drug-likeness (QED) is 0.530. The molecule has 0 saturated heterocycles. The van der Waals surface area contributed by atoms with Crippen molar-refractivity contribution < 1.29 is 4.42 Å². The number of rotatable bonds is 2. The molecule has 0 unspecified atom stereocenters. The third kappa shape index (κ3) is 1.46. The molecule has 0 aliphatic carbocycles. The first-order valence-corrected chi connectivity index (χ1v) is 5.58. The van der Waals surface area contributed by atoms with Gasteiger partial charge in [-0.15, -0.1) is 0 Å². The molecule has 0 aliphatic heterocycles. The van der Waals surface area contributed by atoms with E-state index < -0.39 is 0 Å². The Morgan fingerprint density at radius 2 is 2.22 bits per heavy atom. The number of aryl methyl sites for hydroxylation is 1. The second-order valence-corrected chi connectivity index (χ2v) is 4.09. The number of aromatic nitrogens is 3. The Labute approximate surface area is 103 Å². The second-order valence-electron chi connectivity index (χ2n) is 4.09. The minimum Gasteiger partial charge on any atom is -0.463 e. The van der Waals surface area contributed by atoms with Crippen LogP contribution in [0.2, 0.25) is 0 Å². The van der Waals surface area contributed by atoms with Gasteiger partial charge in [0, 0.05) is 17.3 Å². The predicted octanol–water partition coefficient (Wildman–Crippen LogP) is 1.89. The fourth-order valence-electron chi connectivity index (χ4n) is 1.92.